The molecule has 24 nitrogen and oxygen atoms in total. The standard InChI is InChI=1S/C27H29N7O5.C22H18FN5O5.C5H12N2/c1-31-9-11-33(12-10-31)22-14-24(38-3)20(13-23(22)34(36)37)29-27-28-15-18(26(35)39-4)25(30-27)19-16-32(2)21-8-6-5-7-17(19)21;1-27-11-14(12-6-4-5-7-17(12)27)20-13(21(29)33-3)10-24-22(26-20)25-16-9-18(28(30)31)15(23)8-19(16)32-2;1-7-4-2-6-3-5-7/h5-8,13-16H,9-12H2,1-4H3,(H,28,29,30);4-11H,1-3H3,(H,24,25,26);6H,2-5H2,1H3. The van der Waals surface area contributed by atoms with Crippen LogP contribution in [0.1, 0.15) is 20.7 Å². The van der Waals surface area contributed by atoms with Gasteiger partial charge in [-0.2, -0.15) is 4.39 Å². The number of hydrogen-bond acceptors (Lipinski definition) is 20. The van der Waals surface area contributed by atoms with Crippen LogP contribution in [-0.4, -0.2) is 156 Å². The number of methoxy groups -OCH3 is 4. The molecule has 0 amide bonds. The molecular weight excluding hydrogens is 1020 g/mol. The molecule has 0 spiro atoms. The number of benzene rings is 4. The highest BCUT2D eigenvalue weighted by atomic mass is 19.1. The highest BCUT2D eigenvalue weighted by Gasteiger charge is 2.28. The first-order chi connectivity index (χ1) is 38.0. The van der Waals surface area contributed by atoms with Crippen LogP contribution in [0.15, 0.2) is 97.6 Å². The van der Waals surface area contributed by atoms with Gasteiger partial charge < -0.3 is 58.7 Å². The van der Waals surface area contributed by atoms with Crippen LogP contribution in [0, 0.1) is 26.0 Å². The van der Waals surface area contributed by atoms with Gasteiger partial charge in [-0.1, -0.05) is 36.4 Å². The Hall–Kier alpha value is -9.33. The molecule has 0 saturated carbocycles. The number of ether oxygens (including phenoxy) is 4. The van der Waals surface area contributed by atoms with Crippen molar-refractivity contribution >= 4 is 74.1 Å². The molecule has 2 saturated heterocycles. The van der Waals surface area contributed by atoms with Crippen LogP contribution in [0.4, 0.5) is 44.7 Å². The molecule has 4 aromatic heterocycles. The van der Waals surface area contributed by atoms with Gasteiger partial charge in [0.05, 0.1) is 61.0 Å². The highest BCUT2D eigenvalue weighted by Crippen LogP contribution is 2.41. The summed E-state index contributed by atoms with van der Waals surface area (Å²) >= 11 is 0. The number of aromatic nitrogens is 6. The van der Waals surface area contributed by atoms with Crippen molar-refractivity contribution in [2.24, 2.45) is 14.1 Å². The van der Waals surface area contributed by atoms with E-state index in [1.165, 1.54) is 60.0 Å². The Balaban J connectivity index is 0.000000187. The summed E-state index contributed by atoms with van der Waals surface area (Å²) in [5.74, 6) is -1.66. The van der Waals surface area contributed by atoms with Gasteiger partial charge in [0, 0.05) is 148 Å². The van der Waals surface area contributed by atoms with Gasteiger partial charge >= 0.3 is 17.6 Å². The van der Waals surface area contributed by atoms with Crippen LogP contribution >= 0.6 is 0 Å². The molecule has 2 fully saturated rings. The van der Waals surface area contributed by atoms with E-state index < -0.39 is 33.3 Å². The number of likely N-dealkylation sites (N-methyl/N-ethyl adjacent to an activating group) is 2. The second-order valence-corrected chi connectivity index (χ2v) is 18.4. The summed E-state index contributed by atoms with van der Waals surface area (Å²) in [6.45, 7) is 7.68. The number of nitrogens with zero attached hydrogens (tertiary/aromatic N) is 11. The fourth-order valence-corrected chi connectivity index (χ4v) is 9.11. The number of nitro benzene ring substituents is 2. The molecule has 412 valence electrons. The van der Waals surface area contributed by atoms with Crippen LogP contribution in [0.3, 0.4) is 0 Å². The van der Waals surface area contributed by atoms with Gasteiger partial charge in [-0.15, -0.1) is 0 Å². The number of carbonyl (C=O) groups is 2. The van der Waals surface area contributed by atoms with E-state index >= 15 is 0 Å². The van der Waals surface area contributed by atoms with Crippen LogP contribution in [-0.2, 0) is 23.6 Å². The summed E-state index contributed by atoms with van der Waals surface area (Å²) < 4.78 is 38.4. The third-order valence-electron chi connectivity index (χ3n) is 13.3. The lowest BCUT2D eigenvalue weighted by molar-refractivity contribution is -0.387. The maximum Gasteiger partial charge on any atom is 0.341 e. The molecule has 0 bridgehead atoms. The Morgan fingerprint density at radius 1 is 0.620 bits per heavy atom. The van der Waals surface area contributed by atoms with Gasteiger partial charge in [0.25, 0.3) is 5.69 Å². The lowest BCUT2D eigenvalue weighted by Crippen LogP contribution is -2.44. The first-order valence-corrected chi connectivity index (χ1v) is 24.8. The van der Waals surface area contributed by atoms with Crippen molar-refractivity contribution < 1.29 is 42.8 Å². The highest BCUT2D eigenvalue weighted by molar-refractivity contribution is 6.04. The Morgan fingerprint density at radius 3 is 1.49 bits per heavy atom. The quantitative estimate of drug-likeness (QED) is 0.0570. The molecule has 0 atom stereocenters. The van der Waals surface area contributed by atoms with Gasteiger partial charge in [0.2, 0.25) is 17.7 Å². The minimum Gasteiger partial charge on any atom is -0.494 e. The fraction of sp³-hybridized carbons (Fsp3) is 0.296. The molecule has 0 aliphatic carbocycles. The maximum atomic E-state index is 14.0. The summed E-state index contributed by atoms with van der Waals surface area (Å²) in [6.07, 6.45) is 6.40. The molecule has 2 aliphatic rings. The molecule has 8 aromatic rings. The molecule has 79 heavy (non-hydrogen) atoms. The summed E-state index contributed by atoms with van der Waals surface area (Å²) in [5, 5.41) is 34.1. The molecule has 3 N–H and O–H groups in total. The largest absolute Gasteiger partial charge is 0.494 e. The predicted octanol–water partition coefficient (Wildman–Crippen LogP) is 7.58. The second kappa shape index (κ2) is 24.8. The van der Waals surface area contributed by atoms with Gasteiger partial charge in [-0.3, -0.25) is 20.2 Å². The number of rotatable bonds is 13. The second-order valence-electron chi connectivity index (χ2n) is 18.4. The number of para-hydroxylation sites is 2. The SMILES string of the molecule is CN1CCNCC1.COC(=O)c1cnc(Nc2cc([N+](=O)[O-])c(F)cc2OC)nc1-c1cn(C)c2ccccc12.COC(=O)c1cnc(Nc2cc([N+](=O)[O-])c(N3CCN(C)CC3)cc2OC)nc1-c1cn(C)c2ccccc12. The fourth-order valence-electron chi connectivity index (χ4n) is 9.11. The van der Waals surface area contributed by atoms with Gasteiger partial charge in [-0.05, 0) is 26.2 Å². The lowest BCUT2D eigenvalue weighted by atomic mass is 10.1. The number of nitro groups is 2. The van der Waals surface area contributed by atoms with Crippen LogP contribution in [0.2, 0.25) is 0 Å². The van der Waals surface area contributed by atoms with Crippen LogP contribution < -0.4 is 30.3 Å². The van der Waals surface area contributed by atoms with E-state index in [1.54, 1.807) is 6.07 Å². The average Bonchev–Trinajstić information content (AvgIpc) is 4.05. The zero-order chi connectivity index (χ0) is 56.5. The topological polar surface area (TPSA) is 265 Å². The Labute approximate surface area is 453 Å². The molecule has 0 unspecified atom stereocenters. The first kappa shape index (κ1) is 55.9. The number of carbonyl (C=O) groups excluding carboxylic acids is 2. The summed E-state index contributed by atoms with van der Waals surface area (Å²) in [7, 11) is 13.3. The average molecular weight is 1080 g/mol. The van der Waals surface area contributed by atoms with Gasteiger partial charge in [0.1, 0.15) is 28.3 Å². The Kier molecular flexibility index (Phi) is 17.5. The van der Waals surface area contributed by atoms with Crippen molar-refractivity contribution in [2.75, 3.05) is 110 Å². The Morgan fingerprint density at radius 2 is 1.06 bits per heavy atom. The third-order valence-corrected chi connectivity index (χ3v) is 13.3. The maximum absolute atomic E-state index is 14.0. The third kappa shape index (κ3) is 12.4. The van der Waals surface area contributed by atoms with Crippen molar-refractivity contribution in [3.05, 3.63) is 135 Å². The number of nitrogens with one attached hydrogen (secondary N) is 3. The van der Waals surface area contributed by atoms with Crippen molar-refractivity contribution in [3.63, 3.8) is 0 Å². The zero-order valence-corrected chi connectivity index (χ0v) is 44.8. The molecular formula is C54H59FN14O10. The number of aryl methyl sites for hydroxylation is 2. The zero-order valence-electron chi connectivity index (χ0n) is 44.8. The molecule has 25 heteroatoms. The monoisotopic (exact) mass is 1080 g/mol. The molecule has 6 heterocycles. The predicted molar refractivity (Wildman–Crippen MR) is 296 cm³/mol. The van der Waals surface area contributed by atoms with Crippen molar-refractivity contribution in [2.45, 2.75) is 0 Å². The minimum absolute atomic E-state index is 0.0183. The molecule has 4 aromatic carbocycles. The first-order valence-electron chi connectivity index (χ1n) is 24.8. The van der Waals surface area contributed by atoms with E-state index in [9.17, 15) is 34.2 Å². The number of hydrogen-bond donors (Lipinski definition) is 3. The minimum atomic E-state index is -1.04. The number of esters is 2. The summed E-state index contributed by atoms with van der Waals surface area (Å²) in [4.78, 5) is 71.1. The van der Waals surface area contributed by atoms with E-state index in [4.69, 9.17) is 18.9 Å². The molecule has 10 rings (SSSR count). The van der Waals surface area contributed by atoms with Gasteiger partial charge in [0.15, 0.2) is 0 Å². The smallest absolute Gasteiger partial charge is 0.341 e. The van der Waals surface area contributed by atoms with Crippen molar-refractivity contribution in [3.8, 4) is 34.0 Å². The van der Waals surface area contributed by atoms with Crippen LogP contribution in [0.5, 0.6) is 11.5 Å². The van der Waals surface area contributed by atoms with E-state index in [1.807, 2.05) is 96.1 Å². The number of halogens is 1. The Bertz CT molecular complexity index is 3560. The van der Waals surface area contributed by atoms with E-state index in [0.717, 1.165) is 65.7 Å². The lowest BCUT2D eigenvalue weighted by Gasteiger charge is -2.34. The summed E-state index contributed by atoms with van der Waals surface area (Å²) in [6, 6.07) is 20.3. The van der Waals surface area contributed by atoms with Crippen LogP contribution in [0.25, 0.3) is 44.3 Å². The van der Waals surface area contributed by atoms with E-state index in [2.05, 4.69) is 52.7 Å². The number of fused-ring (bicyclic) bond motifs is 2. The normalized spacial score (nSPS) is 13.6. The molecule has 2 aliphatic heterocycles. The van der Waals surface area contributed by atoms with E-state index in [0.29, 0.717) is 47.2 Å². The van der Waals surface area contributed by atoms with Gasteiger partial charge in [-0.25, -0.2) is 29.5 Å². The number of anilines is 5. The molecule has 0 radical (unpaired) electrons. The van der Waals surface area contributed by atoms with Crippen molar-refractivity contribution in [1.29, 1.82) is 0 Å². The summed E-state index contributed by atoms with van der Waals surface area (Å²) in [5.41, 5.74) is 4.40. The van der Waals surface area contributed by atoms with Crippen molar-refractivity contribution in [1.82, 2.24) is 44.2 Å². The van der Waals surface area contributed by atoms with E-state index in [-0.39, 0.29) is 40.1 Å². The number of piperazine rings is 2.